The van der Waals surface area contributed by atoms with Crippen LogP contribution >= 0.6 is 0 Å². The summed E-state index contributed by atoms with van der Waals surface area (Å²) in [6.45, 7) is 13.7. The molecular formula is C26H44N2O5+2. The predicted molar refractivity (Wildman–Crippen MR) is 128 cm³/mol. The first-order valence-electron chi connectivity index (χ1n) is 12.6. The molecule has 0 saturated carbocycles. The maximum atomic E-state index is 12.8. The normalized spacial score (nSPS) is 18.7. The summed E-state index contributed by atoms with van der Waals surface area (Å²) in [5.41, 5.74) is 1.84. The van der Waals surface area contributed by atoms with Crippen LogP contribution in [0.25, 0.3) is 0 Å². The van der Waals surface area contributed by atoms with Crippen molar-refractivity contribution in [3.05, 3.63) is 29.3 Å². The number of amides is 2. The van der Waals surface area contributed by atoms with Gasteiger partial charge in [0, 0.05) is 18.4 Å². The van der Waals surface area contributed by atoms with E-state index in [9.17, 15) is 14.7 Å². The van der Waals surface area contributed by atoms with E-state index in [1.165, 1.54) is 0 Å². The van der Waals surface area contributed by atoms with Crippen LogP contribution in [-0.4, -0.2) is 64.6 Å². The number of nitrogens with zero attached hydrogens (tertiary/aromatic N) is 2. The van der Waals surface area contributed by atoms with Crippen molar-refractivity contribution in [2.45, 2.75) is 92.3 Å². The van der Waals surface area contributed by atoms with Crippen LogP contribution in [0.5, 0.6) is 5.75 Å². The van der Waals surface area contributed by atoms with E-state index in [1.807, 2.05) is 26.0 Å². The molecule has 2 rings (SSSR count). The molecule has 186 valence electrons. The van der Waals surface area contributed by atoms with Crippen LogP contribution in [0.2, 0.25) is 0 Å². The lowest BCUT2D eigenvalue weighted by Crippen LogP contribution is -2.61. The molecule has 1 aliphatic carbocycles. The minimum Gasteiger partial charge on any atom is -0.508 e. The average Bonchev–Trinajstić information content (AvgIpc) is 2.75. The number of carbonyl (C=O) groups excluding carboxylic acids is 2. The number of carbonyl (C=O) groups is 2. The highest BCUT2D eigenvalue weighted by Crippen LogP contribution is 2.35. The highest BCUT2D eigenvalue weighted by molar-refractivity contribution is 5.65. The summed E-state index contributed by atoms with van der Waals surface area (Å²) in [6.07, 6.45) is 3.32. The van der Waals surface area contributed by atoms with E-state index in [-0.39, 0.29) is 26.9 Å². The molecule has 0 bridgehead atoms. The molecule has 0 heterocycles. The number of hydrogen-bond donors (Lipinski definition) is 1. The Labute approximate surface area is 199 Å². The number of quaternary nitrogens is 2. The number of hydroxylamine groups is 6. The van der Waals surface area contributed by atoms with E-state index in [0.717, 1.165) is 36.8 Å². The first kappa shape index (κ1) is 27.4. The predicted octanol–water partition coefficient (Wildman–Crippen LogP) is 4.46. The van der Waals surface area contributed by atoms with E-state index in [0.29, 0.717) is 39.0 Å². The molecule has 0 unspecified atom stereocenters. The Hall–Kier alpha value is -1.80. The van der Waals surface area contributed by atoms with Gasteiger partial charge in [-0.15, -0.1) is 9.29 Å². The third-order valence-corrected chi connectivity index (χ3v) is 6.65. The number of rotatable bonds is 12. The van der Waals surface area contributed by atoms with Gasteiger partial charge in [-0.3, -0.25) is 0 Å². The first-order valence-corrected chi connectivity index (χ1v) is 12.6. The van der Waals surface area contributed by atoms with Crippen molar-refractivity contribution in [3.8, 4) is 5.75 Å². The maximum Gasteiger partial charge on any atom is 0.342 e. The van der Waals surface area contributed by atoms with Gasteiger partial charge in [0.1, 0.15) is 31.9 Å². The molecule has 0 radical (unpaired) electrons. The Balaban J connectivity index is 2.51. The molecule has 1 aliphatic rings. The summed E-state index contributed by atoms with van der Waals surface area (Å²) in [7, 11) is 0. The number of aromatic hydroxyl groups is 1. The fourth-order valence-corrected chi connectivity index (χ4v) is 5.11. The topological polar surface area (TPSA) is 72.8 Å². The summed E-state index contributed by atoms with van der Waals surface area (Å²) >= 11 is 0. The summed E-state index contributed by atoms with van der Waals surface area (Å²) in [4.78, 5) is 39.0. The molecule has 2 amide bonds. The second-order valence-electron chi connectivity index (χ2n) is 9.32. The lowest BCUT2D eigenvalue weighted by atomic mass is 9.87. The van der Waals surface area contributed by atoms with Crippen molar-refractivity contribution >= 4 is 11.8 Å². The minimum atomic E-state index is -0.460. The first-order chi connectivity index (χ1) is 15.7. The van der Waals surface area contributed by atoms with Gasteiger partial charge in [0.2, 0.25) is 0 Å². The van der Waals surface area contributed by atoms with Gasteiger partial charge in [-0.1, -0.05) is 39.8 Å². The van der Waals surface area contributed by atoms with Gasteiger partial charge in [-0.25, -0.2) is 9.59 Å². The fourth-order valence-electron chi connectivity index (χ4n) is 5.11. The number of hydrogen-bond acceptors (Lipinski definition) is 5. The molecule has 7 heteroatoms. The number of benzene rings is 1. The minimum absolute atomic E-state index is 0.0198. The Morgan fingerprint density at radius 3 is 1.64 bits per heavy atom. The fraction of sp³-hybridized carbons (Fsp3) is 0.692. The molecule has 33 heavy (non-hydrogen) atoms. The molecule has 0 saturated heterocycles. The van der Waals surface area contributed by atoms with Crippen molar-refractivity contribution in [3.63, 3.8) is 0 Å². The van der Waals surface area contributed by atoms with Crippen LogP contribution in [0.1, 0.15) is 78.4 Å². The smallest absolute Gasteiger partial charge is 0.342 e. The molecule has 7 nitrogen and oxygen atoms in total. The van der Waals surface area contributed by atoms with Crippen LogP contribution < -0.4 is 0 Å². The van der Waals surface area contributed by atoms with Crippen LogP contribution in [0, 0.1) is 0 Å². The maximum absolute atomic E-state index is 12.8. The van der Waals surface area contributed by atoms with Crippen molar-refractivity contribution in [2.75, 3.05) is 26.2 Å². The lowest BCUT2D eigenvalue weighted by Gasteiger charge is -2.42. The van der Waals surface area contributed by atoms with Gasteiger partial charge in [0.25, 0.3) is 0 Å². The molecule has 1 aromatic rings. The third kappa shape index (κ3) is 6.21. The van der Waals surface area contributed by atoms with Crippen LogP contribution in [0.15, 0.2) is 18.2 Å². The Kier molecular flexibility index (Phi) is 10.0. The number of fused-ring (bicyclic) bond motifs is 1. The zero-order valence-corrected chi connectivity index (χ0v) is 21.4. The Morgan fingerprint density at radius 2 is 1.24 bits per heavy atom. The van der Waals surface area contributed by atoms with Crippen LogP contribution in [-0.2, 0) is 32.1 Å². The summed E-state index contributed by atoms with van der Waals surface area (Å²) in [5, 5.41) is 10.5. The lowest BCUT2D eigenvalue weighted by molar-refractivity contribution is -1.07. The van der Waals surface area contributed by atoms with Crippen molar-refractivity contribution in [1.29, 1.82) is 0 Å². The monoisotopic (exact) mass is 464 g/mol. The molecule has 1 aromatic carbocycles. The average molecular weight is 465 g/mol. The van der Waals surface area contributed by atoms with Gasteiger partial charge in [0.15, 0.2) is 12.2 Å². The van der Waals surface area contributed by atoms with Gasteiger partial charge in [-0.05, 0) is 37.3 Å². The van der Waals surface area contributed by atoms with Crippen LogP contribution in [0.4, 0.5) is 0 Å². The standard InChI is InChI=1S/C26H43N2O5/c1-7-14-27(15-8-2,20(5)29)32-25-18-22-12-11-13-24(31)23(22)19-26(25)33-28(16-9-3,17-10-4)21(6)30/h11-13,25-26H,7-10,14-19H2,1-6H3/q+1/p+1/t25-,26-/m0/s1. The molecule has 0 aliphatic heterocycles. The zero-order chi connectivity index (χ0) is 24.6. The molecule has 0 fully saturated rings. The van der Waals surface area contributed by atoms with E-state index >= 15 is 0 Å². The quantitative estimate of drug-likeness (QED) is 0.365. The van der Waals surface area contributed by atoms with E-state index in [1.54, 1.807) is 19.9 Å². The molecular weight excluding hydrogens is 420 g/mol. The SMILES string of the molecule is CCC[N+](CCC)(O[C@H]1Cc2cccc(O)c2C[C@@H]1O[N+](CCC)(CCC)C(C)=O)C(C)=O. The highest BCUT2D eigenvalue weighted by atomic mass is 16.8. The van der Waals surface area contributed by atoms with Gasteiger partial charge < -0.3 is 5.11 Å². The summed E-state index contributed by atoms with van der Waals surface area (Å²) < 4.78 is -0.116. The van der Waals surface area contributed by atoms with Gasteiger partial charge >= 0.3 is 11.8 Å². The molecule has 2 atom stereocenters. The largest absolute Gasteiger partial charge is 0.508 e. The van der Waals surface area contributed by atoms with Gasteiger partial charge in [0.05, 0.1) is 13.8 Å². The van der Waals surface area contributed by atoms with E-state index < -0.39 is 12.2 Å². The van der Waals surface area contributed by atoms with E-state index in [4.69, 9.17) is 9.68 Å². The highest BCUT2D eigenvalue weighted by Gasteiger charge is 2.47. The number of phenols is 1. The summed E-state index contributed by atoms with van der Waals surface area (Å²) in [5.74, 6) is 0.185. The van der Waals surface area contributed by atoms with Crippen molar-refractivity contribution in [1.82, 2.24) is 0 Å². The van der Waals surface area contributed by atoms with Crippen molar-refractivity contribution < 1.29 is 33.7 Å². The Morgan fingerprint density at radius 1 is 0.818 bits per heavy atom. The second-order valence-corrected chi connectivity index (χ2v) is 9.32. The van der Waals surface area contributed by atoms with Crippen LogP contribution in [0.3, 0.4) is 0 Å². The third-order valence-electron chi connectivity index (χ3n) is 6.65. The molecule has 0 aromatic heterocycles. The number of phenolic OH excluding ortho intramolecular Hbond substituents is 1. The molecule has 1 N–H and O–H groups in total. The van der Waals surface area contributed by atoms with E-state index in [2.05, 4.69) is 13.8 Å². The van der Waals surface area contributed by atoms with Crippen molar-refractivity contribution in [2.24, 2.45) is 0 Å². The Bertz CT molecular complexity index is 798. The molecule has 0 spiro atoms. The summed E-state index contributed by atoms with van der Waals surface area (Å²) in [6, 6.07) is 5.52. The van der Waals surface area contributed by atoms with Gasteiger partial charge in [-0.2, -0.15) is 9.68 Å². The second kappa shape index (κ2) is 12.1. The zero-order valence-electron chi connectivity index (χ0n) is 21.4.